The Balaban J connectivity index is 1.06. The SMILES string of the molecule is C1=CCNC(c2ccccc2-c2ccc3c(c2)c2ccccc2n3-c2cccc(-n3c4ccccc4c4cc(-c5ccccc5-c5ccccn5)ccc43)c2)=C1. The molecule has 0 fully saturated rings. The summed E-state index contributed by atoms with van der Waals surface area (Å²) in [6.07, 6.45) is 8.30. The largest absolute Gasteiger partial charge is 0.381 e. The number of rotatable bonds is 6. The minimum Gasteiger partial charge on any atom is -0.381 e. The number of fused-ring (bicyclic) bond motifs is 6. The van der Waals surface area contributed by atoms with Gasteiger partial charge in [-0.25, -0.2) is 0 Å². The minimum absolute atomic E-state index is 0.836. The molecule has 0 aliphatic carbocycles. The van der Waals surface area contributed by atoms with Crippen LogP contribution < -0.4 is 5.32 Å². The predicted octanol–water partition coefficient (Wildman–Crippen LogP) is 12.8. The first-order chi connectivity index (χ1) is 27.8. The van der Waals surface area contributed by atoms with Crippen LogP contribution in [0.1, 0.15) is 5.56 Å². The zero-order chi connectivity index (χ0) is 37.0. The molecule has 4 heterocycles. The van der Waals surface area contributed by atoms with Crippen LogP contribution in [0.5, 0.6) is 0 Å². The number of aromatic nitrogens is 3. The molecule has 0 saturated heterocycles. The van der Waals surface area contributed by atoms with E-state index in [0.717, 1.165) is 34.9 Å². The summed E-state index contributed by atoms with van der Waals surface area (Å²) in [5.74, 6) is 0. The van der Waals surface area contributed by atoms with Gasteiger partial charge in [-0.2, -0.15) is 0 Å². The van der Waals surface area contributed by atoms with E-state index in [1.54, 1.807) is 0 Å². The maximum atomic E-state index is 4.68. The number of allylic oxidation sites excluding steroid dienone is 2. The highest BCUT2D eigenvalue weighted by Gasteiger charge is 2.18. The highest BCUT2D eigenvalue weighted by Crippen LogP contribution is 2.40. The summed E-state index contributed by atoms with van der Waals surface area (Å²) in [6.45, 7) is 0.836. The molecule has 0 amide bonds. The van der Waals surface area contributed by atoms with Gasteiger partial charge in [-0.1, -0.05) is 121 Å². The molecule has 56 heavy (non-hydrogen) atoms. The molecule has 264 valence electrons. The van der Waals surface area contributed by atoms with E-state index in [1.807, 2.05) is 18.3 Å². The molecule has 0 atom stereocenters. The summed E-state index contributed by atoms with van der Waals surface area (Å²) >= 11 is 0. The van der Waals surface area contributed by atoms with Crippen LogP contribution >= 0.6 is 0 Å². The number of hydrogen-bond acceptors (Lipinski definition) is 2. The minimum atomic E-state index is 0.836. The molecule has 1 aliphatic heterocycles. The lowest BCUT2D eigenvalue weighted by molar-refractivity contribution is 0.996. The van der Waals surface area contributed by atoms with Crippen LogP contribution in [0.2, 0.25) is 0 Å². The molecule has 7 aromatic carbocycles. The highest BCUT2D eigenvalue weighted by molar-refractivity contribution is 6.12. The third-order valence-corrected chi connectivity index (χ3v) is 11.2. The molecule has 0 saturated carbocycles. The third-order valence-electron chi connectivity index (χ3n) is 11.2. The molecular weight excluding hydrogens is 681 g/mol. The average Bonchev–Trinajstić information content (AvgIpc) is 3.79. The second-order valence-electron chi connectivity index (χ2n) is 14.4. The Kier molecular flexibility index (Phi) is 7.52. The van der Waals surface area contributed by atoms with E-state index < -0.39 is 0 Å². The molecule has 0 unspecified atom stereocenters. The summed E-state index contributed by atoms with van der Waals surface area (Å²) in [7, 11) is 0. The zero-order valence-electron chi connectivity index (χ0n) is 30.6. The fourth-order valence-corrected chi connectivity index (χ4v) is 8.70. The Morgan fingerprint density at radius 3 is 1.55 bits per heavy atom. The molecule has 3 aromatic heterocycles. The second-order valence-corrected chi connectivity index (χ2v) is 14.4. The number of nitrogens with one attached hydrogen (secondary N) is 1. The summed E-state index contributed by atoms with van der Waals surface area (Å²) in [5, 5.41) is 8.48. The maximum absolute atomic E-state index is 4.68. The smallest absolute Gasteiger partial charge is 0.0708 e. The van der Waals surface area contributed by atoms with Crippen LogP contribution in [-0.2, 0) is 0 Å². The van der Waals surface area contributed by atoms with Gasteiger partial charge in [0.1, 0.15) is 0 Å². The molecule has 4 heteroatoms. The van der Waals surface area contributed by atoms with E-state index in [4.69, 9.17) is 0 Å². The topological polar surface area (TPSA) is 34.8 Å². The van der Waals surface area contributed by atoms with Gasteiger partial charge in [0.2, 0.25) is 0 Å². The molecule has 11 rings (SSSR count). The lowest BCUT2D eigenvalue weighted by atomic mass is 9.95. The second kappa shape index (κ2) is 13.2. The number of para-hydroxylation sites is 2. The van der Waals surface area contributed by atoms with E-state index in [-0.39, 0.29) is 0 Å². The number of dihydropyridines is 1. The van der Waals surface area contributed by atoms with Crippen molar-refractivity contribution in [3.8, 4) is 44.9 Å². The van der Waals surface area contributed by atoms with Gasteiger partial charge in [-0.05, 0) is 95.1 Å². The van der Waals surface area contributed by atoms with Crippen molar-refractivity contribution in [2.45, 2.75) is 0 Å². The normalized spacial score (nSPS) is 12.8. The summed E-state index contributed by atoms with van der Waals surface area (Å²) in [6, 6.07) is 63.7. The average molecular weight is 717 g/mol. The van der Waals surface area contributed by atoms with Crippen molar-refractivity contribution in [3.63, 3.8) is 0 Å². The molecular formula is C52H36N4. The Morgan fingerprint density at radius 1 is 0.429 bits per heavy atom. The number of nitrogens with zero attached hydrogens (tertiary/aromatic N) is 3. The molecule has 4 nitrogen and oxygen atoms in total. The Hall–Kier alpha value is -7.43. The number of hydrogen-bond donors (Lipinski definition) is 1. The van der Waals surface area contributed by atoms with Crippen molar-refractivity contribution in [3.05, 3.63) is 206 Å². The Morgan fingerprint density at radius 2 is 0.964 bits per heavy atom. The van der Waals surface area contributed by atoms with E-state index >= 15 is 0 Å². The first-order valence-electron chi connectivity index (χ1n) is 19.2. The molecule has 0 radical (unpaired) electrons. The van der Waals surface area contributed by atoms with Crippen molar-refractivity contribution >= 4 is 49.3 Å². The van der Waals surface area contributed by atoms with Gasteiger partial charge >= 0.3 is 0 Å². The lowest BCUT2D eigenvalue weighted by Crippen LogP contribution is -2.14. The molecule has 10 aromatic rings. The maximum Gasteiger partial charge on any atom is 0.0708 e. The van der Waals surface area contributed by atoms with Gasteiger partial charge in [0.15, 0.2) is 0 Å². The van der Waals surface area contributed by atoms with Crippen molar-refractivity contribution in [2.24, 2.45) is 0 Å². The van der Waals surface area contributed by atoms with Crippen LogP contribution in [0, 0.1) is 0 Å². The van der Waals surface area contributed by atoms with Crippen molar-refractivity contribution in [1.82, 2.24) is 19.4 Å². The quantitative estimate of drug-likeness (QED) is 0.186. The molecule has 0 spiro atoms. The molecule has 1 aliphatic rings. The van der Waals surface area contributed by atoms with Crippen LogP contribution in [0.25, 0.3) is 94.2 Å². The Labute approximate surface area is 324 Å². The lowest BCUT2D eigenvalue weighted by Gasteiger charge is -2.16. The van der Waals surface area contributed by atoms with Gasteiger partial charge in [-0.15, -0.1) is 0 Å². The number of pyridine rings is 1. The fourth-order valence-electron chi connectivity index (χ4n) is 8.70. The van der Waals surface area contributed by atoms with Gasteiger partial charge in [0.25, 0.3) is 0 Å². The van der Waals surface area contributed by atoms with Crippen LogP contribution in [0.4, 0.5) is 0 Å². The summed E-state index contributed by atoms with van der Waals surface area (Å²) in [5.41, 5.74) is 16.2. The number of benzene rings is 7. The van der Waals surface area contributed by atoms with Crippen molar-refractivity contribution < 1.29 is 0 Å². The summed E-state index contributed by atoms with van der Waals surface area (Å²) in [4.78, 5) is 4.68. The van der Waals surface area contributed by atoms with E-state index in [1.165, 1.54) is 71.4 Å². The van der Waals surface area contributed by atoms with Gasteiger partial charge in [0, 0.05) is 62.5 Å². The van der Waals surface area contributed by atoms with Crippen LogP contribution in [-0.4, -0.2) is 20.7 Å². The van der Waals surface area contributed by atoms with Crippen molar-refractivity contribution in [2.75, 3.05) is 6.54 Å². The van der Waals surface area contributed by atoms with Crippen LogP contribution in [0.15, 0.2) is 200 Å². The van der Waals surface area contributed by atoms with E-state index in [0.29, 0.717) is 0 Å². The van der Waals surface area contributed by atoms with Gasteiger partial charge in [0.05, 0.1) is 27.8 Å². The Bertz CT molecular complexity index is 3200. The third kappa shape index (κ3) is 5.19. The standard InChI is InChI=1S/C52H36N4/c1-3-18-41(47-22-9-11-30-53-47)39(16-1)35-26-28-51-45(32-35)43-20-5-7-24-49(43)55(51)37-14-13-15-38(34-37)56-50-25-8-6-21-44(50)46-33-36(27-29-52(46)56)40-17-2-4-19-42(40)48-23-10-12-31-54-48/h1-30,32-34,54H,31H2. The fraction of sp³-hybridized carbons (Fsp3) is 0.0192. The molecule has 0 bridgehead atoms. The first-order valence-corrected chi connectivity index (χ1v) is 19.2. The highest BCUT2D eigenvalue weighted by atomic mass is 15.0. The monoisotopic (exact) mass is 716 g/mol. The molecule has 1 N–H and O–H groups in total. The van der Waals surface area contributed by atoms with E-state index in [2.05, 4.69) is 201 Å². The zero-order valence-corrected chi connectivity index (χ0v) is 30.6. The predicted molar refractivity (Wildman–Crippen MR) is 234 cm³/mol. The first kappa shape index (κ1) is 32.0. The van der Waals surface area contributed by atoms with E-state index in [9.17, 15) is 0 Å². The van der Waals surface area contributed by atoms with Gasteiger partial charge < -0.3 is 14.5 Å². The van der Waals surface area contributed by atoms with Gasteiger partial charge in [-0.3, -0.25) is 4.98 Å². The summed E-state index contributed by atoms with van der Waals surface area (Å²) < 4.78 is 4.83. The van der Waals surface area contributed by atoms with Crippen molar-refractivity contribution in [1.29, 1.82) is 0 Å². The van der Waals surface area contributed by atoms with Crippen LogP contribution in [0.3, 0.4) is 0 Å².